The van der Waals surface area contributed by atoms with Crippen LogP contribution in [0.5, 0.6) is 0 Å². The van der Waals surface area contributed by atoms with Gasteiger partial charge in [0.2, 0.25) is 0 Å². The highest BCUT2D eigenvalue weighted by molar-refractivity contribution is 6.32. The number of benzene rings is 1. The molecule has 1 aromatic carbocycles. The van der Waals surface area contributed by atoms with Crippen molar-refractivity contribution in [1.82, 2.24) is 20.0 Å². The zero-order valence-corrected chi connectivity index (χ0v) is 14.7. The largest absolute Gasteiger partial charge is 0.333 e. The van der Waals surface area contributed by atoms with Crippen LogP contribution >= 0.6 is 24.0 Å². The van der Waals surface area contributed by atoms with E-state index >= 15 is 0 Å². The van der Waals surface area contributed by atoms with Gasteiger partial charge in [-0.2, -0.15) is 5.10 Å². The number of rotatable bonds is 2. The van der Waals surface area contributed by atoms with E-state index in [1.807, 2.05) is 36.1 Å². The first-order valence-corrected chi connectivity index (χ1v) is 7.78. The Morgan fingerprint density at radius 2 is 2.13 bits per heavy atom. The molecule has 5 nitrogen and oxygen atoms in total. The molecular formula is C16H20Cl2N4O. The van der Waals surface area contributed by atoms with Gasteiger partial charge in [-0.1, -0.05) is 23.7 Å². The van der Waals surface area contributed by atoms with Gasteiger partial charge >= 0.3 is 0 Å². The van der Waals surface area contributed by atoms with Crippen molar-refractivity contribution in [3.05, 3.63) is 46.7 Å². The van der Waals surface area contributed by atoms with E-state index in [0.717, 1.165) is 31.0 Å². The lowest BCUT2D eigenvalue weighted by atomic mass is 10.1. The third-order valence-electron chi connectivity index (χ3n) is 4.08. The van der Waals surface area contributed by atoms with Crippen LogP contribution < -0.4 is 5.32 Å². The van der Waals surface area contributed by atoms with Crippen LogP contribution in [0.15, 0.2) is 30.5 Å². The molecule has 1 saturated heterocycles. The average Bonchev–Trinajstić information content (AvgIpc) is 2.89. The second kappa shape index (κ2) is 7.34. The van der Waals surface area contributed by atoms with Crippen LogP contribution in [0.4, 0.5) is 0 Å². The maximum absolute atomic E-state index is 12.8. The Morgan fingerprint density at radius 1 is 1.39 bits per heavy atom. The van der Waals surface area contributed by atoms with E-state index in [1.165, 1.54) is 0 Å². The fraction of sp³-hybridized carbons (Fsp3) is 0.375. The Hall–Kier alpha value is -1.56. The number of para-hydroxylation sites is 1. The summed E-state index contributed by atoms with van der Waals surface area (Å²) in [5, 5.41) is 8.26. The highest BCUT2D eigenvalue weighted by Gasteiger charge is 2.27. The monoisotopic (exact) mass is 354 g/mol. The molecule has 2 aromatic rings. The van der Waals surface area contributed by atoms with E-state index < -0.39 is 0 Å². The number of amides is 1. The van der Waals surface area contributed by atoms with Crippen molar-refractivity contribution in [1.29, 1.82) is 0 Å². The molecule has 23 heavy (non-hydrogen) atoms. The van der Waals surface area contributed by atoms with Crippen molar-refractivity contribution in [2.24, 2.45) is 0 Å². The van der Waals surface area contributed by atoms with Gasteiger partial charge in [0.25, 0.3) is 5.91 Å². The van der Waals surface area contributed by atoms with Crippen molar-refractivity contribution in [2.45, 2.75) is 19.9 Å². The SMILES string of the molecule is Cc1c(C(=O)N2CCNC[C@H]2C)cnn1-c1ccccc1Cl.Cl. The normalized spacial score (nSPS) is 17.7. The molecule has 1 aliphatic rings. The second-order valence-corrected chi connectivity index (χ2v) is 5.97. The standard InChI is InChI=1S/C16H19ClN4O.ClH/c1-11-9-18-7-8-20(11)16(22)13-10-19-21(12(13)2)15-6-4-3-5-14(15)17;/h3-6,10-11,18H,7-9H2,1-2H3;1H/t11-;/m1./s1. The quantitative estimate of drug-likeness (QED) is 0.901. The van der Waals surface area contributed by atoms with Gasteiger partial charge < -0.3 is 10.2 Å². The van der Waals surface area contributed by atoms with Gasteiger partial charge in [0.1, 0.15) is 0 Å². The first-order chi connectivity index (χ1) is 10.6. The Labute approximate surface area is 147 Å². The Morgan fingerprint density at radius 3 is 2.83 bits per heavy atom. The predicted molar refractivity (Wildman–Crippen MR) is 93.9 cm³/mol. The van der Waals surface area contributed by atoms with Crippen LogP contribution in [-0.4, -0.2) is 46.3 Å². The number of piperazine rings is 1. The van der Waals surface area contributed by atoms with Gasteiger partial charge in [0, 0.05) is 25.7 Å². The van der Waals surface area contributed by atoms with Gasteiger partial charge in [0.05, 0.1) is 28.2 Å². The molecule has 1 N–H and O–H groups in total. The number of halogens is 2. The molecule has 1 atom stereocenters. The Balaban J connectivity index is 0.00000192. The minimum atomic E-state index is 0. The van der Waals surface area contributed by atoms with E-state index in [2.05, 4.69) is 17.3 Å². The van der Waals surface area contributed by atoms with E-state index in [1.54, 1.807) is 10.9 Å². The van der Waals surface area contributed by atoms with E-state index in [4.69, 9.17) is 11.6 Å². The summed E-state index contributed by atoms with van der Waals surface area (Å²) in [7, 11) is 0. The molecule has 1 aliphatic heterocycles. The molecule has 0 spiro atoms. The Bertz CT molecular complexity index is 701. The molecule has 1 aromatic heterocycles. The summed E-state index contributed by atoms with van der Waals surface area (Å²) in [6.07, 6.45) is 1.63. The van der Waals surface area contributed by atoms with Crippen LogP contribution in [0.3, 0.4) is 0 Å². The first-order valence-electron chi connectivity index (χ1n) is 7.41. The van der Waals surface area contributed by atoms with Gasteiger partial charge in [-0.05, 0) is 26.0 Å². The van der Waals surface area contributed by atoms with Crippen molar-refractivity contribution >= 4 is 29.9 Å². The number of hydrogen-bond acceptors (Lipinski definition) is 3. The van der Waals surface area contributed by atoms with Crippen molar-refractivity contribution in [3.8, 4) is 5.69 Å². The summed E-state index contributed by atoms with van der Waals surface area (Å²) in [4.78, 5) is 14.7. The summed E-state index contributed by atoms with van der Waals surface area (Å²) in [5.41, 5.74) is 2.23. The molecule has 3 rings (SSSR count). The van der Waals surface area contributed by atoms with Crippen molar-refractivity contribution < 1.29 is 4.79 Å². The van der Waals surface area contributed by atoms with Gasteiger partial charge in [-0.3, -0.25) is 4.79 Å². The highest BCUT2D eigenvalue weighted by atomic mass is 35.5. The minimum absolute atomic E-state index is 0. The van der Waals surface area contributed by atoms with Crippen LogP contribution in [0, 0.1) is 6.92 Å². The lowest BCUT2D eigenvalue weighted by molar-refractivity contribution is 0.0655. The van der Waals surface area contributed by atoms with Crippen LogP contribution in [0.2, 0.25) is 5.02 Å². The van der Waals surface area contributed by atoms with Crippen molar-refractivity contribution in [3.63, 3.8) is 0 Å². The molecular weight excluding hydrogens is 335 g/mol. The highest BCUT2D eigenvalue weighted by Crippen LogP contribution is 2.23. The molecule has 2 heterocycles. The maximum Gasteiger partial charge on any atom is 0.257 e. The molecule has 7 heteroatoms. The number of nitrogens with zero attached hydrogens (tertiary/aromatic N) is 3. The summed E-state index contributed by atoms with van der Waals surface area (Å²) in [6.45, 7) is 6.32. The molecule has 1 fully saturated rings. The number of aromatic nitrogens is 2. The molecule has 0 bridgehead atoms. The summed E-state index contributed by atoms with van der Waals surface area (Å²) in [6, 6.07) is 7.67. The molecule has 0 radical (unpaired) electrons. The lowest BCUT2D eigenvalue weighted by Gasteiger charge is -2.33. The first kappa shape index (κ1) is 17.8. The fourth-order valence-corrected chi connectivity index (χ4v) is 3.00. The smallest absolute Gasteiger partial charge is 0.257 e. The number of carbonyl (C=O) groups excluding carboxylic acids is 1. The average molecular weight is 355 g/mol. The van der Waals surface area contributed by atoms with Crippen LogP contribution in [0.25, 0.3) is 5.69 Å². The summed E-state index contributed by atoms with van der Waals surface area (Å²) < 4.78 is 1.72. The summed E-state index contributed by atoms with van der Waals surface area (Å²) in [5.74, 6) is 0.0322. The predicted octanol–water partition coefficient (Wildman–Crippen LogP) is 2.69. The molecule has 124 valence electrons. The molecule has 1 amide bonds. The lowest BCUT2D eigenvalue weighted by Crippen LogP contribution is -2.52. The zero-order chi connectivity index (χ0) is 15.7. The fourth-order valence-electron chi connectivity index (χ4n) is 2.78. The van der Waals surface area contributed by atoms with E-state index in [-0.39, 0.29) is 24.4 Å². The van der Waals surface area contributed by atoms with Gasteiger partial charge in [-0.25, -0.2) is 4.68 Å². The van der Waals surface area contributed by atoms with E-state index in [9.17, 15) is 4.79 Å². The minimum Gasteiger partial charge on any atom is -0.333 e. The van der Waals surface area contributed by atoms with E-state index in [0.29, 0.717) is 10.6 Å². The maximum atomic E-state index is 12.8. The number of nitrogens with one attached hydrogen (secondary N) is 1. The molecule has 0 saturated carbocycles. The van der Waals surface area contributed by atoms with Gasteiger partial charge in [-0.15, -0.1) is 12.4 Å². The van der Waals surface area contributed by atoms with Crippen molar-refractivity contribution in [2.75, 3.05) is 19.6 Å². The summed E-state index contributed by atoms with van der Waals surface area (Å²) >= 11 is 6.23. The third-order valence-corrected chi connectivity index (χ3v) is 4.40. The zero-order valence-electron chi connectivity index (χ0n) is 13.1. The second-order valence-electron chi connectivity index (χ2n) is 5.56. The number of hydrogen-bond donors (Lipinski definition) is 1. The molecule has 0 unspecified atom stereocenters. The third kappa shape index (κ3) is 3.37. The topological polar surface area (TPSA) is 50.2 Å². The molecule has 0 aliphatic carbocycles. The van der Waals surface area contributed by atoms with Gasteiger partial charge in [0.15, 0.2) is 0 Å². The number of carbonyl (C=O) groups is 1. The van der Waals surface area contributed by atoms with Crippen LogP contribution in [0.1, 0.15) is 23.0 Å². The van der Waals surface area contributed by atoms with Crippen LogP contribution in [-0.2, 0) is 0 Å². The Kier molecular flexibility index (Phi) is 5.68.